The van der Waals surface area contributed by atoms with Gasteiger partial charge in [-0.3, -0.25) is 0 Å². The Hall–Kier alpha value is -0.100. The van der Waals surface area contributed by atoms with Crippen molar-refractivity contribution in [1.82, 2.24) is 4.90 Å². The number of nitrogens with zero attached hydrogens (tertiary/aromatic N) is 1. The van der Waals surface area contributed by atoms with Crippen molar-refractivity contribution in [2.75, 3.05) is 20.7 Å². The maximum absolute atomic E-state index is 5.93. The van der Waals surface area contributed by atoms with Gasteiger partial charge >= 0.3 is 0 Å². The number of benzene rings is 1. The summed E-state index contributed by atoms with van der Waals surface area (Å²) < 4.78 is 13.4. The van der Waals surface area contributed by atoms with Crippen molar-refractivity contribution in [3.8, 4) is 5.75 Å². The third kappa shape index (κ3) is 4.45. The van der Waals surface area contributed by atoms with Gasteiger partial charge in [0.05, 0.1) is 0 Å². The number of hydrogen-bond donors (Lipinski definition) is 0. The minimum atomic E-state index is -0.202. The topological polar surface area (TPSA) is 21.7 Å². The van der Waals surface area contributed by atoms with Crippen molar-refractivity contribution in [2.45, 2.75) is 31.6 Å². The lowest BCUT2D eigenvalue weighted by Crippen LogP contribution is -2.32. The molecular formula is C14H19Br2NO2. The Morgan fingerprint density at radius 1 is 1.32 bits per heavy atom. The number of hydrogen-bond acceptors (Lipinski definition) is 3. The molecule has 1 fully saturated rings. The van der Waals surface area contributed by atoms with Crippen LogP contribution in [0.5, 0.6) is 5.75 Å². The van der Waals surface area contributed by atoms with E-state index in [1.54, 1.807) is 7.11 Å². The van der Waals surface area contributed by atoms with Crippen molar-refractivity contribution >= 4 is 31.9 Å². The molecule has 5 heteroatoms. The second kappa shape index (κ2) is 7.07. The monoisotopic (exact) mass is 391 g/mol. The highest BCUT2D eigenvalue weighted by molar-refractivity contribution is 9.11. The van der Waals surface area contributed by atoms with Crippen molar-refractivity contribution in [1.29, 1.82) is 0 Å². The minimum Gasteiger partial charge on any atom is -0.465 e. The molecule has 0 saturated carbocycles. The molecule has 19 heavy (non-hydrogen) atoms. The van der Waals surface area contributed by atoms with Gasteiger partial charge in [0, 0.05) is 28.5 Å². The van der Waals surface area contributed by atoms with E-state index < -0.39 is 0 Å². The quantitative estimate of drug-likeness (QED) is 0.705. The van der Waals surface area contributed by atoms with Gasteiger partial charge in [0.2, 0.25) is 6.29 Å². The van der Waals surface area contributed by atoms with Crippen LogP contribution in [-0.2, 0) is 4.74 Å². The van der Waals surface area contributed by atoms with Gasteiger partial charge in [0.25, 0.3) is 0 Å². The van der Waals surface area contributed by atoms with Gasteiger partial charge in [0.15, 0.2) is 0 Å². The zero-order chi connectivity index (χ0) is 13.8. The lowest BCUT2D eigenvalue weighted by Gasteiger charge is -2.25. The van der Waals surface area contributed by atoms with E-state index in [9.17, 15) is 0 Å². The van der Waals surface area contributed by atoms with Gasteiger partial charge in [0.1, 0.15) is 5.75 Å². The summed E-state index contributed by atoms with van der Waals surface area (Å²) in [6, 6.07) is 6.45. The predicted molar refractivity (Wildman–Crippen MR) is 83.5 cm³/mol. The van der Waals surface area contributed by atoms with Crippen molar-refractivity contribution in [2.24, 2.45) is 0 Å². The Morgan fingerprint density at radius 2 is 2.00 bits per heavy atom. The van der Waals surface area contributed by atoms with Crippen LogP contribution in [0, 0.1) is 0 Å². The Morgan fingerprint density at radius 3 is 2.53 bits per heavy atom. The molecule has 0 amide bonds. The summed E-state index contributed by atoms with van der Waals surface area (Å²) in [6.45, 7) is 1.17. The summed E-state index contributed by atoms with van der Waals surface area (Å²) in [6.07, 6.45) is 3.19. The summed E-state index contributed by atoms with van der Waals surface area (Å²) in [5, 5.41) is 0. The van der Waals surface area contributed by atoms with Crippen LogP contribution in [0.25, 0.3) is 0 Å². The molecule has 1 aliphatic heterocycles. The maximum atomic E-state index is 5.93. The summed E-state index contributed by atoms with van der Waals surface area (Å²) in [4.78, 5) is 2.38. The second-order valence-corrected chi connectivity index (χ2v) is 6.73. The van der Waals surface area contributed by atoms with Crippen LogP contribution in [0.1, 0.15) is 19.3 Å². The predicted octanol–water partition coefficient (Wildman–Crippen LogP) is 4.05. The first-order chi connectivity index (χ1) is 9.08. The second-order valence-electron chi connectivity index (χ2n) is 4.90. The molecule has 0 bridgehead atoms. The fourth-order valence-electron chi connectivity index (χ4n) is 2.44. The molecule has 2 rings (SSSR count). The van der Waals surface area contributed by atoms with E-state index in [1.807, 2.05) is 18.2 Å². The number of methoxy groups -OCH3 is 1. The summed E-state index contributed by atoms with van der Waals surface area (Å²) >= 11 is 6.93. The fraction of sp³-hybridized carbons (Fsp3) is 0.571. The van der Waals surface area contributed by atoms with Crippen molar-refractivity contribution < 1.29 is 9.47 Å². The largest absolute Gasteiger partial charge is 0.465 e. The molecular weight excluding hydrogens is 374 g/mol. The summed E-state index contributed by atoms with van der Waals surface area (Å²) in [5.74, 6) is 0.814. The fourth-order valence-corrected chi connectivity index (χ4v) is 3.69. The molecule has 0 radical (unpaired) electrons. The normalized spacial score (nSPS) is 21.6. The molecule has 1 aromatic carbocycles. The Balaban J connectivity index is 1.98. The van der Waals surface area contributed by atoms with Crippen LogP contribution >= 0.6 is 31.9 Å². The van der Waals surface area contributed by atoms with Gasteiger partial charge in [-0.15, -0.1) is 0 Å². The number of ether oxygens (including phenoxy) is 2. The van der Waals surface area contributed by atoms with E-state index in [0.29, 0.717) is 6.04 Å². The molecule has 1 aromatic rings. The van der Waals surface area contributed by atoms with Crippen LogP contribution in [0.15, 0.2) is 27.1 Å². The molecule has 0 spiro atoms. The Bertz CT molecular complexity index is 408. The maximum Gasteiger partial charge on any atom is 0.201 e. The van der Waals surface area contributed by atoms with Crippen molar-refractivity contribution in [3.63, 3.8) is 0 Å². The van der Waals surface area contributed by atoms with Gasteiger partial charge in [-0.1, -0.05) is 31.9 Å². The average Bonchev–Trinajstić information content (AvgIpc) is 2.73. The van der Waals surface area contributed by atoms with Gasteiger partial charge in [-0.05, 0) is 44.6 Å². The van der Waals surface area contributed by atoms with Crippen LogP contribution in [0.2, 0.25) is 0 Å². The number of rotatable bonds is 5. The van der Waals surface area contributed by atoms with Gasteiger partial charge in [-0.2, -0.15) is 0 Å². The first-order valence-electron chi connectivity index (χ1n) is 6.44. The van der Waals surface area contributed by atoms with Gasteiger partial charge < -0.3 is 14.4 Å². The highest BCUT2D eigenvalue weighted by Gasteiger charge is 2.25. The Kier molecular flexibility index (Phi) is 5.69. The first-order valence-corrected chi connectivity index (χ1v) is 8.03. The first kappa shape index (κ1) is 15.3. The molecule has 106 valence electrons. The highest BCUT2D eigenvalue weighted by atomic mass is 79.9. The SMILES string of the molecule is COC(CC1CCCN1C)Oc1cc(Br)cc(Br)c1. The van der Waals surface area contributed by atoms with Crippen molar-refractivity contribution in [3.05, 3.63) is 27.1 Å². The van der Waals surface area contributed by atoms with Crippen LogP contribution in [0.4, 0.5) is 0 Å². The number of likely N-dealkylation sites (tertiary alicyclic amines) is 1. The van der Waals surface area contributed by atoms with Crippen LogP contribution in [-0.4, -0.2) is 37.9 Å². The van der Waals surface area contributed by atoms with Crippen LogP contribution < -0.4 is 4.74 Å². The van der Waals surface area contributed by atoms with Gasteiger partial charge in [-0.25, -0.2) is 0 Å². The molecule has 0 N–H and O–H groups in total. The van der Waals surface area contributed by atoms with E-state index in [4.69, 9.17) is 9.47 Å². The lowest BCUT2D eigenvalue weighted by molar-refractivity contribution is -0.0686. The van der Waals surface area contributed by atoms with E-state index in [-0.39, 0.29) is 6.29 Å². The smallest absolute Gasteiger partial charge is 0.201 e. The zero-order valence-electron chi connectivity index (χ0n) is 11.2. The summed E-state index contributed by atoms with van der Waals surface area (Å²) in [5.41, 5.74) is 0. The molecule has 1 saturated heterocycles. The molecule has 2 atom stereocenters. The number of halogens is 2. The summed E-state index contributed by atoms with van der Waals surface area (Å²) in [7, 11) is 3.87. The molecule has 3 nitrogen and oxygen atoms in total. The van der Waals surface area contributed by atoms with E-state index in [1.165, 1.54) is 19.4 Å². The average molecular weight is 393 g/mol. The van der Waals surface area contributed by atoms with E-state index >= 15 is 0 Å². The standard InChI is InChI=1S/C14H19Br2NO2/c1-17-5-3-4-12(17)9-14(18-2)19-13-7-10(15)6-11(16)8-13/h6-8,12,14H,3-5,9H2,1-2H3. The minimum absolute atomic E-state index is 0.202. The molecule has 0 aliphatic carbocycles. The third-order valence-electron chi connectivity index (χ3n) is 3.50. The Labute approximate surface area is 131 Å². The zero-order valence-corrected chi connectivity index (χ0v) is 14.4. The third-order valence-corrected chi connectivity index (χ3v) is 4.42. The molecule has 2 unspecified atom stereocenters. The lowest BCUT2D eigenvalue weighted by atomic mass is 10.1. The molecule has 0 aromatic heterocycles. The van der Waals surface area contributed by atoms with E-state index in [2.05, 4.69) is 43.8 Å². The van der Waals surface area contributed by atoms with E-state index in [0.717, 1.165) is 21.1 Å². The molecule has 1 aliphatic rings. The van der Waals surface area contributed by atoms with Crippen LogP contribution in [0.3, 0.4) is 0 Å². The molecule has 1 heterocycles. The highest BCUT2D eigenvalue weighted by Crippen LogP contribution is 2.27.